The van der Waals surface area contributed by atoms with E-state index in [1.54, 1.807) is 0 Å². The van der Waals surface area contributed by atoms with Crippen LogP contribution in [0, 0.1) is 0 Å². The zero-order valence-corrected chi connectivity index (χ0v) is 11.4. The van der Waals surface area contributed by atoms with Gasteiger partial charge in [-0.25, -0.2) is 0 Å². The van der Waals surface area contributed by atoms with Crippen LogP contribution in [-0.4, -0.2) is 30.7 Å². The summed E-state index contributed by atoms with van der Waals surface area (Å²) < 4.78 is 5.61. The predicted molar refractivity (Wildman–Crippen MR) is 73.1 cm³/mol. The molecule has 0 N–H and O–H groups in total. The Morgan fingerprint density at radius 1 is 1.12 bits per heavy atom. The molecule has 0 radical (unpaired) electrons. The summed E-state index contributed by atoms with van der Waals surface area (Å²) in [7, 11) is 0. The van der Waals surface area contributed by atoms with Gasteiger partial charge >= 0.3 is 0 Å². The van der Waals surface area contributed by atoms with Crippen molar-refractivity contribution in [2.75, 3.05) is 19.7 Å². The average Bonchev–Trinajstić information content (AvgIpc) is 2.30. The molecule has 0 spiro atoms. The molecule has 0 unspecified atom stereocenters. The molecule has 0 aliphatic rings. The van der Waals surface area contributed by atoms with E-state index in [-0.39, 0.29) is 0 Å². The van der Waals surface area contributed by atoms with Crippen LogP contribution >= 0.6 is 0 Å². The van der Waals surface area contributed by atoms with Gasteiger partial charge in [-0.3, -0.25) is 4.90 Å². The summed E-state index contributed by atoms with van der Waals surface area (Å²) in [5.74, 6) is 0. The van der Waals surface area contributed by atoms with Crippen molar-refractivity contribution in [3.05, 3.63) is 35.9 Å². The van der Waals surface area contributed by atoms with E-state index in [0.29, 0.717) is 6.10 Å². The molecule has 1 rings (SSSR count). The molecule has 0 atom stereocenters. The Morgan fingerprint density at radius 3 is 2.41 bits per heavy atom. The zero-order valence-electron chi connectivity index (χ0n) is 11.4. The highest BCUT2D eigenvalue weighted by Gasteiger charge is 2.05. The minimum Gasteiger partial charge on any atom is -0.377 e. The minimum atomic E-state index is 0.329. The second-order valence-electron chi connectivity index (χ2n) is 4.68. The summed E-state index contributed by atoms with van der Waals surface area (Å²) in [6, 6.07) is 10.6. The van der Waals surface area contributed by atoms with Crippen molar-refractivity contribution in [3.63, 3.8) is 0 Å². The van der Waals surface area contributed by atoms with Crippen LogP contribution in [0.2, 0.25) is 0 Å². The van der Waals surface area contributed by atoms with Crippen molar-refractivity contribution in [3.8, 4) is 0 Å². The van der Waals surface area contributed by atoms with Crippen LogP contribution < -0.4 is 0 Å². The molecule has 0 heterocycles. The molecular formula is C15H25NO. The van der Waals surface area contributed by atoms with Gasteiger partial charge in [0.25, 0.3) is 0 Å². The normalized spacial score (nSPS) is 11.4. The van der Waals surface area contributed by atoms with Gasteiger partial charge in [0.05, 0.1) is 12.7 Å². The average molecular weight is 235 g/mol. The number of nitrogens with zero attached hydrogens (tertiary/aromatic N) is 1. The molecule has 2 nitrogen and oxygen atoms in total. The Bertz CT molecular complexity index is 284. The Hall–Kier alpha value is -0.860. The summed E-state index contributed by atoms with van der Waals surface area (Å²) in [5, 5.41) is 0. The number of ether oxygens (including phenoxy) is 1. The lowest BCUT2D eigenvalue weighted by Crippen LogP contribution is -2.28. The smallest absolute Gasteiger partial charge is 0.0597 e. The largest absolute Gasteiger partial charge is 0.377 e. The first-order chi connectivity index (χ1) is 8.22. The quantitative estimate of drug-likeness (QED) is 0.685. The van der Waals surface area contributed by atoms with Gasteiger partial charge in [-0.05, 0) is 32.4 Å². The van der Waals surface area contributed by atoms with Crippen molar-refractivity contribution < 1.29 is 4.74 Å². The van der Waals surface area contributed by atoms with Gasteiger partial charge in [0.2, 0.25) is 0 Å². The molecule has 1 aromatic carbocycles. The molecule has 0 fully saturated rings. The second-order valence-corrected chi connectivity index (χ2v) is 4.68. The number of hydrogen-bond acceptors (Lipinski definition) is 2. The maximum atomic E-state index is 5.61. The summed E-state index contributed by atoms with van der Waals surface area (Å²) in [5.41, 5.74) is 1.38. The van der Waals surface area contributed by atoms with E-state index in [2.05, 4.69) is 56.0 Å². The van der Waals surface area contributed by atoms with Crippen LogP contribution in [0.5, 0.6) is 0 Å². The number of benzene rings is 1. The summed E-state index contributed by atoms with van der Waals surface area (Å²) in [6.45, 7) is 10.4. The van der Waals surface area contributed by atoms with Crippen LogP contribution in [0.1, 0.15) is 32.8 Å². The van der Waals surface area contributed by atoms with Gasteiger partial charge in [-0.2, -0.15) is 0 Å². The van der Waals surface area contributed by atoms with Crippen molar-refractivity contribution in [2.45, 2.75) is 39.8 Å². The number of hydrogen-bond donors (Lipinski definition) is 0. The lowest BCUT2D eigenvalue weighted by Gasteiger charge is -2.22. The lowest BCUT2D eigenvalue weighted by atomic mass is 10.2. The maximum Gasteiger partial charge on any atom is 0.0597 e. The molecule has 0 aromatic heterocycles. The predicted octanol–water partition coefficient (Wildman–Crippen LogP) is 3.32. The van der Waals surface area contributed by atoms with Crippen LogP contribution in [0.3, 0.4) is 0 Å². The molecule has 1 aromatic rings. The third-order valence-electron chi connectivity index (χ3n) is 2.65. The van der Waals surface area contributed by atoms with E-state index in [0.717, 1.165) is 26.2 Å². The molecule has 17 heavy (non-hydrogen) atoms. The van der Waals surface area contributed by atoms with Crippen molar-refractivity contribution in [1.82, 2.24) is 4.90 Å². The first-order valence-corrected chi connectivity index (χ1v) is 6.60. The van der Waals surface area contributed by atoms with E-state index < -0.39 is 0 Å². The molecule has 0 bridgehead atoms. The molecular weight excluding hydrogens is 210 g/mol. The van der Waals surface area contributed by atoms with E-state index >= 15 is 0 Å². The molecule has 96 valence electrons. The third-order valence-corrected chi connectivity index (χ3v) is 2.65. The Morgan fingerprint density at radius 2 is 1.82 bits per heavy atom. The van der Waals surface area contributed by atoms with Crippen LogP contribution in [0.15, 0.2) is 30.3 Å². The van der Waals surface area contributed by atoms with Gasteiger partial charge in [-0.1, -0.05) is 37.3 Å². The Balaban J connectivity index is 2.37. The van der Waals surface area contributed by atoms with Crippen LogP contribution in [-0.2, 0) is 11.3 Å². The van der Waals surface area contributed by atoms with E-state index in [1.165, 1.54) is 12.0 Å². The van der Waals surface area contributed by atoms with Gasteiger partial charge in [0, 0.05) is 13.1 Å². The first-order valence-electron chi connectivity index (χ1n) is 6.60. The fourth-order valence-corrected chi connectivity index (χ4v) is 1.85. The van der Waals surface area contributed by atoms with Crippen molar-refractivity contribution >= 4 is 0 Å². The van der Waals surface area contributed by atoms with Gasteiger partial charge in [0.1, 0.15) is 0 Å². The molecule has 0 saturated carbocycles. The van der Waals surface area contributed by atoms with Crippen LogP contribution in [0.25, 0.3) is 0 Å². The second kappa shape index (κ2) is 8.26. The summed E-state index contributed by atoms with van der Waals surface area (Å²) >= 11 is 0. The summed E-state index contributed by atoms with van der Waals surface area (Å²) in [6.07, 6.45) is 1.52. The van der Waals surface area contributed by atoms with Gasteiger partial charge < -0.3 is 4.74 Å². The van der Waals surface area contributed by atoms with Crippen molar-refractivity contribution in [2.24, 2.45) is 0 Å². The molecule has 0 amide bonds. The number of rotatable bonds is 8. The topological polar surface area (TPSA) is 12.5 Å². The first kappa shape index (κ1) is 14.2. The fourth-order valence-electron chi connectivity index (χ4n) is 1.85. The molecule has 0 aliphatic carbocycles. The highest BCUT2D eigenvalue weighted by molar-refractivity contribution is 5.14. The van der Waals surface area contributed by atoms with Crippen molar-refractivity contribution in [1.29, 1.82) is 0 Å². The van der Waals surface area contributed by atoms with E-state index in [4.69, 9.17) is 4.74 Å². The fraction of sp³-hybridized carbons (Fsp3) is 0.600. The standard InChI is InChI=1S/C15H25NO/c1-4-10-16(11-12-17-14(2)3)13-15-8-6-5-7-9-15/h5-9,14H,4,10-13H2,1-3H3. The molecule has 0 saturated heterocycles. The monoisotopic (exact) mass is 235 g/mol. The minimum absolute atomic E-state index is 0.329. The van der Waals surface area contributed by atoms with E-state index in [1.807, 2.05) is 0 Å². The van der Waals surface area contributed by atoms with Gasteiger partial charge in [0.15, 0.2) is 0 Å². The SMILES string of the molecule is CCCN(CCOC(C)C)Cc1ccccc1. The van der Waals surface area contributed by atoms with Crippen LogP contribution in [0.4, 0.5) is 0 Å². The molecule has 2 heteroatoms. The lowest BCUT2D eigenvalue weighted by molar-refractivity contribution is 0.0574. The third kappa shape index (κ3) is 6.44. The summed E-state index contributed by atoms with van der Waals surface area (Å²) in [4.78, 5) is 2.46. The highest BCUT2D eigenvalue weighted by Crippen LogP contribution is 2.05. The van der Waals surface area contributed by atoms with Gasteiger partial charge in [-0.15, -0.1) is 0 Å². The zero-order chi connectivity index (χ0) is 12.5. The maximum absolute atomic E-state index is 5.61. The molecule has 0 aliphatic heterocycles. The highest BCUT2D eigenvalue weighted by atomic mass is 16.5. The van der Waals surface area contributed by atoms with E-state index in [9.17, 15) is 0 Å². The Kier molecular flexibility index (Phi) is 6.90. The Labute approximate surface area is 106 Å².